The summed E-state index contributed by atoms with van der Waals surface area (Å²) < 4.78 is 10.9. The van der Waals surface area contributed by atoms with Crippen LogP contribution < -0.4 is 10.6 Å². The van der Waals surface area contributed by atoms with Gasteiger partial charge in [0.2, 0.25) is 0 Å². The standard InChI is InChI=1S/C14H24N2O5/c17-13(18)12-6-5-11(21-12)9-16-14(19)15-7-8-20-10-3-1-2-4-10/h10-12H,1-9H2,(H,17,18)(H2,15,16,19). The highest BCUT2D eigenvalue weighted by Gasteiger charge is 2.30. The Hall–Kier alpha value is -1.34. The molecule has 0 bridgehead atoms. The molecule has 2 unspecified atom stereocenters. The summed E-state index contributed by atoms with van der Waals surface area (Å²) in [4.78, 5) is 22.3. The van der Waals surface area contributed by atoms with Crippen LogP contribution in [-0.2, 0) is 14.3 Å². The summed E-state index contributed by atoms with van der Waals surface area (Å²) in [5.74, 6) is -0.939. The van der Waals surface area contributed by atoms with Crippen LogP contribution >= 0.6 is 0 Å². The minimum Gasteiger partial charge on any atom is -0.479 e. The van der Waals surface area contributed by atoms with E-state index in [0.717, 1.165) is 12.8 Å². The monoisotopic (exact) mass is 300 g/mol. The number of urea groups is 1. The van der Waals surface area contributed by atoms with Gasteiger partial charge in [-0.05, 0) is 25.7 Å². The van der Waals surface area contributed by atoms with E-state index in [4.69, 9.17) is 14.6 Å². The zero-order valence-corrected chi connectivity index (χ0v) is 12.2. The number of carboxylic acid groups (broad SMARTS) is 1. The first kappa shape index (κ1) is 16.0. The molecule has 1 aliphatic carbocycles. The van der Waals surface area contributed by atoms with Crippen LogP contribution in [0.1, 0.15) is 38.5 Å². The molecule has 1 aliphatic heterocycles. The van der Waals surface area contributed by atoms with Crippen LogP contribution in [0.4, 0.5) is 4.79 Å². The lowest BCUT2D eigenvalue weighted by Gasteiger charge is -2.14. The molecule has 2 atom stereocenters. The van der Waals surface area contributed by atoms with E-state index >= 15 is 0 Å². The number of carbonyl (C=O) groups excluding carboxylic acids is 1. The van der Waals surface area contributed by atoms with E-state index < -0.39 is 12.1 Å². The normalized spacial score (nSPS) is 25.9. The van der Waals surface area contributed by atoms with Crippen molar-refractivity contribution in [1.29, 1.82) is 0 Å². The number of hydrogen-bond donors (Lipinski definition) is 3. The SMILES string of the molecule is O=C(NCCOC1CCCC1)NCC1CCC(C(=O)O)O1. The van der Waals surface area contributed by atoms with Gasteiger partial charge >= 0.3 is 12.0 Å². The second-order valence-corrected chi connectivity index (χ2v) is 5.58. The second-order valence-electron chi connectivity index (χ2n) is 5.58. The number of nitrogens with one attached hydrogen (secondary N) is 2. The van der Waals surface area contributed by atoms with Gasteiger partial charge in [-0.25, -0.2) is 9.59 Å². The highest BCUT2D eigenvalue weighted by atomic mass is 16.5. The van der Waals surface area contributed by atoms with Gasteiger partial charge in [0.1, 0.15) is 0 Å². The van der Waals surface area contributed by atoms with Gasteiger partial charge in [0.05, 0.1) is 18.8 Å². The van der Waals surface area contributed by atoms with E-state index in [2.05, 4.69) is 10.6 Å². The molecule has 1 saturated heterocycles. The van der Waals surface area contributed by atoms with E-state index in [9.17, 15) is 9.59 Å². The van der Waals surface area contributed by atoms with Crippen LogP contribution in [0.5, 0.6) is 0 Å². The van der Waals surface area contributed by atoms with E-state index in [1.54, 1.807) is 0 Å². The van der Waals surface area contributed by atoms with Crippen molar-refractivity contribution in [3.8, 4) is 0 Å². The molecule has 0 radical (unpaired) electrons. The zero-order valence-electron chi connectivity index (χ0n) is 12.2. The van der Waals surface area contributed by atoms with Crippen LogP contribution in [0.25, 0.3) is 0 Å². The second kappa shape index (κ2) is 8.19. The Balaban J connectivity index is 1.48. The van der Waals surface area contributed by atoms with E-state index in [0.29, 0.717) is 38.6 Å². The van der Waals surface area contributed by atoms with Crippen LogP contribution in [-0.4, -0.2) is 55.1 Å². The van der Waals surface area contributed by atoms with Gasteiger partial charge in [0.15, 0.2) is 6.10 Å². The first-order valence-corrected chi connectivity index (χ1v) is 7.66. The van der Waals surface area contributed by atoms with Crippen molar-refractivity contribution in [3.63, 3.8) is 0 Å². The van der Waals surface area contributed by atoms with Gasteiger partial charge in [0, 0.05) is 13.1 Å². The Morgan fingerprint density at radius 3 is 2.57 bits per heavy atom. The van der Waals surface area contributed by atoms with E-state index in [-0.39, 0.29) is 12.1 Å². The fraction of sp³-hybridized carbons (Fsp3) is 0.857. The Kier molecular flexibility index (Phi) is 6.25. The molecule has 21 heavy (non-hydrogen) atoms. The molecule has 1 heterocycles. The van der Waals surface area contributed by atoms with E-state index in [1.165, 1.54) is 12.8 Å². The molecule has 2 aliphatic rings. The molecule has 7 nitrogen and oxygen atoms in total. The minimum atomic E-state index is -0.939. The number of amides is 2. The third kappa shape index (κ3) is 5.51. The number of carbonyl (C=O) groups is 2. The molecule has 7 heteroatoms. The molecule has 2 fully saturated rings. The molecule has 0 spiro atoms. The van der Waals surface area contributed by atoms with Gasteiger partial charge < -0.3 is 25.2 Å². The minimum absolute atomic E-state index is 0.216. The highest BCUT2D eigenvalue weighted by Crippen LogP contribution is 2.20. The third-order valence-corrected chi connectivity index (χ3v) is 3.92. The topological polar surface area (TPSA) is 96.9 Å². The number of aliphatic carboxylic acids is 1. The van der Waals surface area contributed by atoms with Gasteiger partial charge in [-0.15, -0.1) is 0 Å². The fourth-order valence-electron chi connectivity index (χ4n) is 2.75. The summed E-state index contributed by atoms with van der Waals surface area (Å²) in [7, 11) is 0. The summed E-state index contributed by atoms with van der Waals surface area (Å²) >= 11 is 0. The van der Waals surface area contributed by atoms with Crippen LogP contribution in [0.2, 0.25) is 0 Å². The zero-order chi connectivity index (χ0) is 15.1. The summed E-state index contributed by atoms with van der Waals surface area (Å²) in [6.45, 7) is 1.34. The quantitative estimate of drug-likeness (QED) is 0.606. The maximum atomic E-state index is 11.6. The van der Waals surface area contributed by atoms with Crippen molar-refractivity contribution in [2.75, 3.05) is 19.7 Å². The van der Waals surface area contributed by atoms with Gasteiger partial charge in [-0.2, -0.15) is 0 Å². The number of rotatable bonds is 7. The summed E-state index contributed by atoms with van der Waals surface area (Å²) in [6.07, 6.45) is 5.27. The predicted octanol–water partition coefficient (Wildman–Crippen LogP) is 0.877. The molecule has 120 valence electrons. The molecular weight excluding hydrogens is 276 g/mol. The molecule has 1 saturated carbocycles. The van der Waals surface area contributed by atoms with Crippen molar-refractivity contribution in [3.05, 3.63) is 0 Å². The van der Waals surface area contributed by atoms with Gasteiger partial charge in [-0.3, -0.25) is 0 Å². The van der Waals surface area contributed by atoms with Gasteiger partial charge in [-0.1, -0.05) is 12.8 Å². The van der Waals surface area contributed by atoms with Gasteiger partial charge in [0.25, 0.3) is 0 Å². The maximum absolute atomic E-state index is 11.6. The van der Waals surface area contributed by atoms with Crippen molar-refractivity contribution in [2.45, 2.75) is 56.8 Å². The first-order valence-electron chi connectivity index (χ1n) is 7.66. The third-order valence-electron chi connectivity index (χ3n) is 3.92. The van der Waals surface area contributed by atoms with Crippen molar-refractivity contribution in [2.24, 2.45) is 0 Å². The average molecular weight is 300 g/mol. The molecule has 0 aromatic heterocycles. The Morgan fingerprint density at radius 1 is 1.14 bits per heavy atom. The average Bonchev–Trinajstić information content (AvgIpc) is 3.12. The lowest BCUT2D eigenvalue weighted by molar-refractivity contribution is -0.149. The predicted molar refractivity (Wildman–Crippen MR) is 75.1 cm³/mol. The van der Waals surface area contributed by atoms with Crippen LogP contribution in [0, 0.1) is 0 Å². The highest BCUT2D eigenvalue weighted by molar-refractivity contribution is 5.74. The maximum Gasteiger partial charge on any atom is 0.332 e. The molecule has 0 aromatic rings. The van der Waals surface area contributed by atoms with Crippen molar-refractivity contribution >= 4 is 12.0 Å². The summed E-state index contributed by atoms with van der Waals surface area (Å²) in [5, 5.41) is 14.2. The number of carboxylic acids is 1. The lowest BCUT2D eigenvalue weighted by Crippen LogP contribution is -2.41. The van der Waals surface area contributed by atoms with Crippen molar-refractivity contribution in [1.82, 2.24) is 10.6 Å². The molecule has 2 amide bonds. The molecular formula is C14H24N2O5. The molecule has 2 rings (SSSR count). The Bertz CT molecular complexity index is 357. The van der Waals surface area contributed by atoms with Crippen molar-refractivity contribution < 1.29 is 24.2 Å². The molecule has 0 aromatic carbocycles. The number of ether oxygens (including phenoxy) is 2. The number of hydrogen-bond acceptors (Lipinski definition) is 4. The smallest absolute Gasteiger partial charge is 0.332 e. The van der Waals surface area contributed by atoms with E-state index in [1.807, 2.05) is 0 Å². The largest absolute Gasteiger partial charge is 0.479 e. The summed E-state index contributed by atoms with van der Waals surface area (Å²) in [5.41, 5.74) is 0. The van der Waals surface area contributed by atoms with Crippen LogP contribution in [0.15, 0.2) is 0 Å². The Labute approximate surface area is 124 Å². The van der Waals surface area contributed by atoms with Crippen LogP contribution in [0.3, 0.4) is 0 Å². The Morgan fingerprint density at radius 2 is 1.90 bits per heavy atom. The molecule has 3 N–H and O–H groups in total. The summed E-state index contributed by atoms with van der Waals surface area (Å²) in [6, 6.07) is -0.271. The first-order chi connectivity index (χ1) is 10.1. The fourth-order valence-corrected chi connectivity index (χ4v) is 2.75. The lowest BCUT2D eigenvalue weighted by atomic mass is 10.2.